The molecule has 0 spiro atoms. The van der Waals surface area contributed by atoms with Crippen molar-refractivity contribution in [3.8, 4) is 0 Å². The maximum Gasteiger partial charge on any atom is 0.237 e. The zero-order valence-electron chi connectivity index (χ0n) is 10.4. The Balaban J connectivity index is 0.00000225. The van der Waals surface area contributed by atoms with Crippen molar-refractivity contribution >= 4 is 18.3 Å². The average molecular weight is 249 g/mol. The van der Waals surface area contributed by atoms with Gasteiger partial charge in [-0.2, -0.15) is 0 Å². The molecule has 4 heteroatoms. The van der Waals surface area contributed by atoms with Crippen LogP contribution in [0.15, 0.2) is 0 Å². The van der Waals surface area contributed by atoms with Crippen LogP contribution in [0.1, 0.15) is 52.4 Å². The highest BCUT2D eigenvalue weighted by Gasteiger charge is 2.18. The van der Waals surface area contributed by atoms with E-state index in [4.69, 9.17) is 0 Å². The lowest BCUT2D eigenvalue weighted by Crippen LogP contribution is -2.46. The lowest BCUT2D eigenvalue weighted by atomic mass is 9.95. The number of rotatable bonds is 5. The SMILES string of the molecule is CCCNC(C)C(=O)NC1CCCCC1.Cl. The Bertz CT molecular complexity index is 193. The number of carbonyl (C=O) groups is 1. The summed E-state index contributed by atoms with van der Waals surface area (Å²) < 4.78 is 0. The molecule has 1 unspecified atom stereocenters. The van der Waals surface area contributed by atoms with E-state index in [1.807, 2.05) is 6.92 Å². The summed E-state index contributed by atoms with van der Waals surface area (Å²) in [7, 11) is 0. The standard InChI is InChI=1S/C12H24N2O.ClH/c1-3-9-13-10(2)12(15)14-11-7-5-4-6-8-11;/h10-11,13H,3-9H2,1-2H3,(H,14,15);1H. The first kappa shape index (κ1) is 15.7. The number of hydrogen-bond acceptors (Lipinski definition) is 2. The lowest BCUT2D eigenvalue weighted by molar-refractivity contribution is -0.123. The predicted octanol–water partition coefficient (Wildman–Crippen LogP) is 2.25. The van der Waals surface area contributed by atoms with E-state index in [2.05, 4.69) is 17.6 Å². The van der Waals surface area contributed by atoms with Crippen LogP contribution in [-0.4, -0.2) is 24.5 Å². The smallest absolute Gasteiger partial charge is 0.237 e. The minimum atomic E-state index is -0.0492. The fourth-order valence-corrected chi connectivity index (χ4v) is 2.03. The van der Waals surface area contributed by atoms with Crippen molar-refractivity contribution in [1.82, 2.24) is 10.6 Å². The summed E-state index contributed by atoms with van der Waals surface area (Å²) in [5.41, 5.74) is 0. The normalized spacial score (nSPS) is 18.6. The van der Waals surface area contributed by atoms with Crippen LogP contribution in [0, 0.1) is 0 Å². The molecule has 0 bridgehead atoms. The highest BCUT2D eigenvalue weighted by atomic mass is 35.5. The van der Waals surface area contributed by atoms with Gasteiger partial charge in [-0.05, 0) is 32.7 Å². The van der Waals surface area contributed by atoms with Crippen molar-refractivity contribution < 1.29 is 4.79 Å². The second-order valence-electron chi connectivity index (χ2n) is 4.52. The Kier molecular flexibility index (Phi) is 8.67. The van der Waals surface area contributed by atoms with Crippen molar-refractivity contribution in [3.05, 3.63) is 0 Å². The Morgan fingerprint density at radius 2 is 1.94 bits per heavy atom. The highest BCUT2D eigenvalue weighted by molar-refractivity contribution is 5.85. The van der Waals surface area contributed by atoms with Gasteiger partial charge in [0, 0.05) is 6.04 Å². The number of carbonyl (C=O) groups excluding carboxylic acids is 1. The first-order valence-electron chi connectivity index (χ1n) is 6.27. The molecule has 1 aliphatic carbocycles. The van der Waals surface area contributed by atoms with E-state index in [1.54, 1.807) is 0 Å². The van der Waals surface area contributed by atoms with Gasteiger partial charge in [0.1, 0.15) is 0 Å². The van der Waals surface area contributed by atoms with Crippen molar-refractivity contribution in [3.63, 3.8) is 0 Å². The van der Waals surface area contributed by atoms with Gasteiger partial charge < -0.3 is 10.6 Å². The minimum absolute atomic E-state index is 0. The molecular formula is C12H25ClN2O. The summed E-state index contributed by atoms with van der Waals surface area (Å²) in [6, 6.07) is 0.379. The topological polar surface area (TPSA) is 41.1 Å². The summed E-state index contributed by atoms with van der Waals surface area (Å²) in [5.74, 6) is 0.162. The predicted molar refractivity (Wildman–Crippen MR) is 70.0 cm³/mol. The first-order chi connectivity index (χ1) is 7.24. The van der Waals surface area contributed by atoms with Crippen LogP contribution in [0.3, 0.4) is 0 Å². The molecule has 1 atom stereocenters. The third-order valence-corrected chi connectivity index (χ3v) is 3.05. The van der Waals surface area contributed by atoms with Crippen LogP contribution >= 0.6 is 12.4 Å². The molecule has 0 aromatic heterocycles. The zero-order valence-corrected chi connectivity index (χ0v) is 11.2. The minimum Gasteiger partial charge on any atom is -0.352 e. The average Bonchev–Trinajstić information content (AvgIpc) is 2.27. The summed E-state index contributed by atoms with van der Waals surface area (Å²) in [4.78, 5) is 11.7. The molecular weight excluding hydrogens is 224 g/mol. The molecule has 0 saturated heterocycles. The molecule has 1 rings (SSSR count). The van der Waals surface area contributed by atoms with Crippen molar-refractivity contribution in [2.24, 2.45) is 0 Å². The van der Waals surface area contributed by atoms with Crippen LogP contribution in [0.4, 0.5) is 0 Å². The molecule has 1 aliphatic rings. The number of halogens is 1. The van der Waals surface area contributed by atoms with Gasteiger partial charge in [0.15, 0.2) is 0 Å². The summed E-state index contributed by atoms with van der Waals surface area (Å²) >= 11 is 0. The molecule has 1 amide bonds. The van der Waals surface area contributed by atoms with Crippen LogP contribution in [0.5, 0.6) is 0 Å². The van der Waals surface area contributed by atoms with E-state index in [-0.39, 0.29) is 24.4 Å². The van der Waals surface area contributed by atoms with Gasteiger partial charge >= 0.3 is 0 Å². The van der Waals surface area contributed by atoms with Crippen molar-refractivity contribution in [2.75, 3.05) is 6.54 Å². The lowest BCUT2D eigenvalue weighted by Gasteiger charge is -2.24. The second-order valence-corrected chi connectivity index (χ2v) is 4.52. The largest absolute Gasteiger partial charge is 0.352 e. The molecule has 1 saturated carbocycles. The van der Waals surface area contributed by atoms with Gasteiger partial charge in [0.2, 0.25) is 5.91 Å². The van der Waals surface area contributed by atoms with Crippen LogP contribution in [-0.2, 0) is 4.79 Å². The molecule has 0 aliphatic heterocycles. The van der Waals surface area contributed by atoms with Gasteiger partial charge in [-0.1, -0.05) is 26.2 Å². The number of nitrogens with one attached hydrogen (secondary N) is 2. The first-order valence-corrected chi connectivity index (χ1v) is 6.27. The molecule has 0 aromatic carbocycles. The van der Waals surface area contributed by atoms with E-state index in [0.29, 0.717) is 6.04 Å². The van der Waals surface area contributed by atoms with Gasteiger partial charge in [0.05, 0.1) is 6.04 Å². The summed E-state index contributed by atoms with van der Waals surface area (Å²) in [5, 5.41) is 6.34. The third-order valence-electron chi connectivity index (χ3n) is 3.05. The molecule has 96 valence electrons. The molecule has 2 N–H and O–H groups in total. The fourth-order valence-electron chi connectivity index (χ4n) is 2.03. The quantitative estimate of drug-likeness (QED) is 0.784. The van der Waals surface area contributed by atoms with Gasteiger partial charge in [-0.3, -0.25) is 4.79 Å². The van der Waals surface area contributed by atoms with Crippen molar-refractivity contribution in [2.45, 2.75) is 64.5 Å². The molecule has 0 radical (unpaired) electrons. The Hall–Kier alpha value is -0.280. The van der Waals surface area contributed by atoms with E-state index in [1.165, 1.54) is 19.3 Å². The second kappa shape index (κ2) is 8.82. The molecule has 3 nitrogen and oxygen atoms in total. The summed E-state index contributed by atoms with van der Waals surface area (Å²) in [6.45, 7) is 4.96. The van der Waals surface area contributed by atoms with Gasteiger partial charge in [0.25, 0.3) is 0 Å². The molecule has 0 heterocycles. The van der Waals surface area contributed by atoms with E-state index < -0.39 is 0 Å². The molecule has 0 aromatic rings. The highest BCUT2D eigenvalue weighted by Crippen LogP contribution is 2.17. The number of hydrogen-bond donors (Lipinski definition) is 2. The Morgan fingerprint density at radius 1 is 1.31 bits per heavy atom. The van der Waals surface area contributed by atoms with Crippen LogP contribution in [0.25, 0.3) is 0 Å². The monoisotopic (exact) mass is 248 g/mol. The zero-order chi connectivity index (χ0) is 11.1. The fraction of sp³-hybridized carbons (Fsp3) is 0.917. The van der Waals surface area contributed by atoms with Crippen LogP contribution < -0.4 is 10.6 Å². The third kappa shape index (κ3) is 5.71. The molecule has 1 fully saturated rings. The van der Waals surface area contributed by atoms with Gasteiger partial charge in [-0.15, -0.1) is 12.4 Å². The van der Waals surface area contributed by atoms with Gasteiger partial charge in [-0.25, -0.2) is 0 Å². The number of amides is 1. The Labute approximate surface area is 105 Å². The van der Waals surface area contributed by atoms with E-state index >= 15 is 0 Å². The van der Waals surface area contributed by atoms with E-state index in [0.717, 1.165) is 25.8 Å². The maximum absolute atomic E-state index is 11.7. The van der Waals surface area contributed by atoms with Crippen molar-refractivity contribution in [1.29, 1.82) is 0 Å². The molecule has 16 heavy (non-hydrogen) atoms. The summed E-state index contributed by atoms with van der Waals surface area (Å²) in [6.07, 6.45) is 7.25. The van der Waals surface area contributed by atoms with Crippen LogP contribution in [0.2, 0.25) is 0 Å². The Morgan fingerprint density at radius 3 is 2.50 bits per heavy atom. The maximum atomic E-state index is 11.7. The van der Waals surface area contributed by atoms with E-state index in [9.17, 15) is 4.79 Å².